The summed E-state index contributed by atoms with van der Waals surface area (Å²) in [7, 11) is 0. The Morgan fingerprint density at radius 3 is 2.50 bits per heavy atom. The number of hydrogen-bond acceptors (Lipinski definition) is 3. The van der Waals surface area contributed by atoms with E-state index in [2.05, 4.69) is 0 Å². The van der Waals surface area contributed by atoms with Crippen molar-refractivity contribution in [2.24, 2.45) is 0 Å². The van der Waals surface area contributed by atoms with Crippen LogP contribution >= 0.6 is 0 Å². The average Bonchev–Trinajstić information content (AvgIpc) is 2.72. The molecule has 0 radical (unpaired) electrons. The predicted molar refractivity (Wildman–Crippen MR) is 93.0 cm³/mol. The van der Waals surface area contributed by atoms with Crippen LogP contribution in [0.4, 0.5) is 5.69 Å². The molecule has 2 aliphatic rings. The molecule has 24 heavy (non-hydrogen) atoms. The highest BCUT2D eigenvalue weighted by Crippen LogP contribution is 2.41. The van der Waals surface area contributed by atoms with E-state index in [1.807, 2.05) is 56.9 Å². The van der Waals surface area contributed by atoms with E-state index in [-0.39, 0.29) is 24.0 Å². The van der Waals surface area contributed by atoms with Crippen LogP contribution in [-0.2, 0) is 19.7 Å². The van der Waals surface area contributed by atoms with Gasteiger partial charge in [-0.15, -0.1) is 0 Å². The Hall–Kier alpha value is -1.88. The number of amides is 2. The van der Waals surface area contributed by atoms with Crippen LogP contribution in [0, 0.1) is 0 Å². The van der Waals surface area contributed by atoms with E-state index in [0.29, 0.717) is 26.1 Å². The molecule has 5 nitrogen and oxygen atoms in total. The largest absolute Gasteiger partial charge is 0.372 e. The van der Waals surface area contributed by atoms with Gasteiger partial charge < -0.3 is 14.5 Å². The predicted octanol–water partition coefficient (Wildman–Crippen LogP) is 2.34. The number of carbonyl (C=O) groups excluding carboxylic acids is 2. The molecule has 0 aromatic heterocycles. The van der Waals surface area contributed by atoms with Gasteiger partial charge in [-0.3, -0.25) is 9.59 Å². The van der Waals surface area contributed by atoms with Crippen LogP contribution in [0.2, 0.25) is 0 Å². The molecule has 1 aromatic carbocycles. The Labute approximate surface area is 143 Å². The summed E-state index contributed by atoms with van der Waals surface area (Å²) in [5.74, 6) is 0.159. The van der Waals surface area contributed by atoms with Crippen molar-refractivity contribution in [2.45, 2.75) is 51.7 Å². The van der Waals surface area contributed by atoms with Crippen molar-refractivity contribution in [2.75, 3.05) is 24.5 Å². The summed E-state index contributed by atoms with van der Waals surface area (Å²) in [6.07, 6.45) is 0.465. The molecule has 0 unspecified atom stereocenters. The minimum Gasteiger partial charge on any atom is -0.372 e. The number of hydrogen-bond donors (Lipinski definition) is 0. The maximum atomic E-state index is 12.8. The van der Waals surface area contributed by atoms with Crippen LogP contribution in [-0.4, -0.2) is 48.6 Å². The first-order valence-corrected chi connectivity index (χ1v) is 8.65. The van der Waals surface area contributed by atoms with Gasteiger partial charge in [0.15, 0.2) is 0 Å². The van der Waals surface area contributed by atoms with Gasteiger partial charge in [0.25, 0.3) is 0 Å². The van der Waals surface area contributed by atoms with Gasteiger partial charge >= 0.3 is 0 Å². The fourth-order valence-electron chi connectivity index (χ4n) is 3.77. The first-order valence-electron chi connectivity index (χ1n) is 8.65. The second-order valence-corrected chi connectivity index (χ2v) is 7.40. The molecule has 0 N–H and O–H groups in total. The number of rotatable bonds is 3. The lowest BCUT2D eigenvalue weighted by atomic mass is 9.86. The third-order valence-corrected chi connectivity index (χ3v) is 4.97. The zero-order chi connectivity index (χ0) is 17.5. The first-order chi connectivity index (χ1) is 11.3. The fraction of sp³-hybridized carbons (Fsp3) is 0.579. The molecule has 3 rings (SSSR count). The Balaban J connectivity index is 1.69. The van der Waals surface area contributed by atoms with E-state index in [4.69, 9.17) is 4.74 Å². The van der Waals surface area contributed by atoms with Crippen molar-refractivity contribution in [3.05, 3.63) is 29.8 Å². The molecule has 0 bridgehead atoms. The minimum absolute atomic E-state index is 0.0609. The van der Waals surface area contributed by atoms with Gasteiger partial charge in [-0.25, -0.2) is 0 Å². The monoisotopic (exact) mass is 330 g/mol. The Morgan fingerprint density at radius 2 is 1.83 bits per heavy atom. The van der Waals surface area contributed by atoms with E-state index in [1.165, 1.54) is 0 Å². The summed E-state index contributed by atoms with van der Waals surface area (Å²) in [4.78, 5) is 28.9. The van der Waals surface area contributed by atoms with Crippen molar-refractivity contribution in [1.29, 1.82) is 0 Å². The van der Waals surface area contributed by atoms with Crippen LogP contribution in [0.3, 0.4) is 0 Å². The highest BCUT2D eigenvalue weighted by atomic mass is 16.5. The summed E-state index contributed by atoms with van der Waals surface area (Å²) in [6.45, 7) is 9.54. The molecule has 2 aliphatic heterocycles. The smallest absolute Gasteiger partial charge is 0.237 e. The van der Waals surface area contributed by atoms with Crippen LogP contribution in [0.1, 0.15) is 39.7 Å². The number of ether oxygens (including phenoxy) is 1. The average molecular weight is 330 g/mol. The second kappa shape index (κ2) is 6.20. The number of benzene rings is 1. The van der Waals surface area contributed by atoms with Gasteiger partial charge in [-0.05, 0) is 39.3 Å². The highest BCUT2D eigenvalue weighted by Gasteiger charge is 2.43. The van der Waals surface area contributed by atoms with Gasteiger partial charge in [-0.1, -0.05) is 18.2 Å². The molecule has 2 atom stereocenters. The summed E-state index contributed by atoms with van der Waals surface area (Å²) >= 11 is 0. The van der Waals surface area contributed by atoms with Crippen LogP contribution in [0.5, 0.6) is 0 Å². The lowest BCUT2D eigenvalue weighted by molar-refractivity contribution is -0.143. The first kappa shape index (κ1) is 17.0. The third-order valence-electron chi connectivity index (χ3n) is 4.97. The van der Waals surface area contributed by atoms with Gasteiger partial charge in [0.2, 0.25) is 11.8 Å². The third kappa shape index (κ3) is 2.93. The lowest BCUT2D eigenvalue weighted by Crippen LogP contribution is -2.49. The molecule has 1 fully saturated rings. The molecule has 130 valence electrons. The molecular weight excluding hydrogens is 304 g/mol. The molecule has 2 heterocycles. The van der Waals surface area contributed by atoms with Gasteiger partial charge in [-0.2, -0.15) is 0 Å². The SMILES string of the molecule is C[C@@H]1CN(C(=O)CCN2C(=O)C(C)(C)c3ccccc32)C[C@H](C)O1. The lowest BCUT2D eigenvalue weighted by Gasteiger charge is -2.35. The van der Waals surface area contributed by atoms with E-state index < -0.39 is 5.41 Å². The Kier molecular flexibility index (Phi) is 4.38. The number of para-hydroxylation sites is 1. The summed E-state index contributed by atoms with van der Waals surface area (Å²) in [6, 6.07) is 7.86. The Bertz CT molecular complexity index is 646. The standard InChI is InChI=1S/C19H26N2O3/c1-13-11-20(12-14(2)24-13)17(22)9-10-21-16-8-6-5-7-15(16)19(3,4)18(21)23/h5-8,13-14H,9-12H2,1-4H3/t13-,14+. The topological polar surface area (TPSA) is 49.9 Å². The number of nitrogens with zero attached hydrogens (tertiary/aromatic N) is 2. The molecule has 1 saturated heterocycles. The summed E-state index contributed by atoms with van der Waals surface area (Å²) < 4.78 is 5.68. The van der Waals surface area contributed by atoms with Crippen molar-refractivity contribution in [3.8, 4) is 0 Å². The van der Waals surface area contributed by atoms with Gasteiger partial charge in [0.1, 0.15) is 0 Å². The quantitative estimate of drug-likeness (QED) is 0.855. The second-order valence-electron chi connectivity index (χ2n) is 7.40. The van der Waals surface area contributed by atoms with Crippen molar-refractivity contribution in [3.63, 3.8) is 0 Å². The zero-order valence-electron chi connectivity index (χ0n) is 14.9. The molecule has 2 amide bonds. The summed E-state index contributed by atoms with van der Waals surface area (Å²) in [5.41, 5.74) is 1.45. The van der Waals surface area contributed by atoms with E-state index in [9.17, 15) is 9.59 Å². The van der Waals surface area contributed by atoms with Crippen LogP contribution in [0.25, 0.3) is 0 Å². The molecule has 1 aromatic rings. The maximum absolute atomic E-state index is 12.8. The molecular formula is C19H26N2O3. The number of carbonyl (C=O) groups is 2. The van der Waals surface area contributed by atoms with Crippen molar-refractivity contribution in [1.82, 2.24) is 4.90 Å². The number of anilines is 1. The fourth-order valence-corrected chi connectivity index (χ4v) is 3.77. The highest BCUT2D eigenvalue weighted by molar-refractivity contribution is 6.07. The normalized spacial score (nSPS) is 25.8. The molecule has 0 aliphatic carbocycles. The van der Waals surface area contributed by atoms with E-state index >= 15 is 0 Å². The minimum atomic E-state index is -0.526. The Morgan fingerprint density at radius 1 is 1.21 bits per heavy atom. The number of morpholine rings is 1. The van der Waals surface area contributed by atoms with E-state index in [1.54, 1.807) is 4.90 Å². The summed E-state index contributed by atoms with van der Waals surface area (Å²) in [5, 5.41) is 0. The maximum Gasteiger partial charge on any atom is 0.237 e. The van der Waals surface area contributed by atoms with Gasteiger partial charge in [0, 0.05) is 31.7 Å². The van der Waals surface area contributed by atoms with Crippen LogP contribution in [0.15, 0.2) is 24.3 Å². The molecule has 5 heteroatoms. The molecule has 0 saturated carbocycles. The van der Waals surface area contributed by atoms with Crippen LogP contribution < -0.4 is 4.90 Å². The van der Waals surface area contributed by atoms with Gasteiger partial charge in [0.05, 0.1) is 17.6 Å². The van der Waals surface area contributed by atoms with E-state index in [0.717, 1.165) is 11.3 Å². The zero-order valence-corrected chi connectivity index (χ0v) is 14.9. The van der Waals surface area contributed by atoms with Crippen molar-refractivity contribution >= 4 is 17.5 Å². The number of fused-ring (bicyclic) bond motifs is 1. The van der Waals surface area contributed by atoms with Crippen molar-refractivity contribution < 1.29 is 14.3 Å². The molecule has 0 spiro atoms.